The molecule has 0 aromatic carbocycles. The lowest BCUT2D eigenvalue weighted by Crippen LogP contribution is -2.11. The van der Waals surface area contributed by atoms with E-state index < -0.39 is 14.1 Å². The van der Waals surface area contributed by atoms with Gasteiger partial charge in [0.05, 0.1) is 19.4 Å². The molecule has 7 heteroatoms. The number of aliphatic hydroxyl groups excluding tert-OH is 1. The van der Waals surface area contributed by atoms with Crippen LogP contribution in [0.3, 0.4) is 0 Å². The average Bonchev–Trinajstić information content (AvgIpc) is 2.52. The van der Waals surface area contributed by atoms with Crippen LogP contribution in [0, 0.1) is 0 Å². The summed E-state index contributed by atoms with van der Waals surface area (Å²) in [5, 5.41) is 7.83. The van der Waals surface area contributed by atoms with Gasteiger partial charge in [-0.3, -0.25) is 9.05 Å². The van der Waals surface area contributed by atoms with Gasteiger partial charge in [0.25, 0.3) is 0 Å². The van der Waals surface area contributed by atoms with E-state index in [9.17, 15) is 9.46 Å². The molecule has 0 bridgehead atoms. The minimum absolute atomic E-state index is 0.316. The molecule has 0 aliphatic rings. The summed E-state index contributed by atoms with van der Waals surface area (Å²) in [4.78, 5) is 9.51. The lowest BCUT2D eigenvalue weighted by molar-refractivity contribution is 0.145. The van der Waals surface area contributed by atoms with Crippen LogP contribution in [0.25, 0.3) is 0 Å². The number of rotatable bonds is 16. The van der Waals surface area contributed by atoms with Crippen molar-refractivity contribution >= 4 is 7.82 Å². The van der Waals surface area contributed by atoms with E-state index in [-0.39, 0.29) is 0 Å². The summed E-state index contributed by atoms with van der Waals surface area (Å²) < 4.78 is 21.5. The van der Waals surface area contributed by atoms with Crippen LogP contribution in [0.4, 0.5) is 0 Å². The number of aliphatic hydroxyl groups is 1. The molecule has 0 fully saturated rings. The zero-order valence-electron chi connectivity index (χ0n) is 16.6. The van der Waals surface area contributed by atoms with E-state index in [0.717, 1.165) is 25.7 Å². The van der Waals surface area contributed by atoms with Crippen LogP contribution in [0.2, 0.25) is 0 Å². The maximum atomic E-state index is 11.6. The fourth-order valence-electron chi connectivity index (χ4n) is 2.16. The van der Waals surface area contributed by atoms with Gasteiger partial charge in [-0.2, -0.15) is 0 Å². The highest BCUT2D eigenvalue weighted by atomic mass is 31.2. The molecule has 1 atom stereocenters. The largest absolute Gasteiger partial charge is 0.472 e. The quantitative estimate of drug-likeness (QED) is 0.194. The first-order valence-corrected chi connectivity index (χ1v) is 11.4. The first-order valence-electron chi connectivity index (χ1n) is 9.91. The SMILES string of the molecule is CC(N)O.CCCCCCCCOP(=O)(O)OCCCCCCCC. The Bertz CT molecular complexity index is 278. The fourth-order valence-corrected chi connectivity index (χ4v) is 2.96. The number of unbranched alkanes of at least 4 members (excludes halogenated alkanes) is 10. The Hall–Kier alpha value is 0.0300. The van der Waals surface area contributed by atoms with Crippen LogP contribution in [0.15, 0.2) is 0 Å². The molecular weight excluding hydrogens is 341 g/mol. The van der Waals surface area contributed by atoms with Crippen molar-refractivity contribution in [1.29, 1.82) is 0 Å². The summed E-state index contributed by atoms with van der Waals surface area (Å²) in [5.41, 5.74) is 4.67. The Kier molecular flexibility index (Phi) is 22.2. The van der Waals surface area contributed by atoms with Crippen LogP contribution in [0.1, 0.15) is 97.8 Å². The zero-order valence-corrected chi connectivity index (χ0v) is 17.5. The Balaban J connectivity index is 0. The van der Waals surface area contributed by atoms with E-state index >= 15 is 0 Å². The van der Waals surface area contributed by atoms with Crippen LogP contribution < -0.4 is 5.73 Å². The standard InChI is InChI=1S/C16H35O4P.C2H7NO/c1-3-5-7-9-11-13-15-19-21(17,18)20-16-14-12-10-8-6-4-2;1-2(3)4/h3-16H2,1-2H3,(H,17,18);2,4H,3H2,1H3. The molecule has 0 aliphatic heterocycles. The van der Waals surface area contributed by atoms with Gasteiger partial charge in [-0.25, -0.2) is 4.57 Å². The number of hydrogen-bond donors (Lipinski definition) is 3. The van der Waals surface area contributed by atoms with Crippen molar-refractivity contribution < 1.29 is 23.6 Å². The molecule has 154 valence electrons. The first kappa shape index (κ1) is 27.3. The summed E-state index contributed by atoms with van der Waals surface area (Å²) >= 11 is 0. The Labute approximate surface area is 155 Å². The normalized spacial score (nSPS) is 12.6. The molecule has 0 spiro atoms. The second-order valence-corrected chi connectivity index (χ2v) is 7.86. The molecule has 0 heterocycles. The molecule has 0 aliphatic carbocycles. The highest BCUT2D eigenvalue weighted by Crippen LogP contribution is 2.43. The Morgan fingerprint density at radius 2 is 1.08 bits per heavy atom. The Morgan fingerprint density at radius 3 is 1.40 bits per heavy atom. The molecule has 25 heavy (non-hydrogen) atoms. The number of phosphoric ester groups is 1. The van der Waals surface area contributed by atoms with Gasteiger partial charge in [-0.1, -0.05) is 78.1 Å². The van der Waals surface area contributed by atoms with Crippen molar-refractivity contribution in [3.05, 3.63) is 0 Å². The van der Waals surface area contributed by atoms with Crippen LogP contribution >= 0.6 is 7.82 Å². The minimum atomic E-state index is -3.82. The summed E-state index contributed by atoms with van der Waals surface area (Å²) in [6.07, 6.45) is 12.9. The van der Waals surface area contributed by atoms with Crippen LogP contribution in [-0.2, 0) is 13.6 Å². The molecule has 0 aromatic heterocycles. The average molecular weight is 384 g/mol. The van der Waals surface area contributed by atoms with Gasteiger partial charge in [0, 0.05) is 0 Å². The summed E-state index contributed by atoms with van der Waals surface area (Å²) in [6.45, 7) is 6.51. The zero-order chi connectivity index (χ0) is 19.4. The van der Waals surface area contributed by atoms with Crippen molar-refractivity contribution in [2.75, 3.05) is 13.2 Å². The third-order valence-corrected chi connectivity index (χ3v) is 4.52. The molecule has 0 saturated heterocycles. The van der Waals surface area contributed by atoms with Crippen molar-refractivity contribution in [1.82, 2.24) is 0 Å². The van der Waals surface area contributed by atoms with Crippen molar-refractivity contribution in [3.8, 4) is 0 Å². The smallest absolute Gasteiger partial charge is 0.379 e. The molecule has 1 unspecified atom stereocenters. The lowest BCUT2D eigenvalue weighted by Gasteiger charge is -2.12. The van der Waals surface area contributed by atoms with Gasteiger partial charge < -0.3 is 15.7 Å². The molecule has 0 saturated carbocycles. The number of phosphoric acid groups is 1. The highest BCUT2D eigenvalue weighted by Gasteiger charge is 2.19. The third kappa shape index (κ3) is 29.1. The molecule has 6 nitrogen and oxygen atoms in total. The maximum Gasteiger partial charge on any atom is 0.472 e. The molecule has 0 amide bonds. The van der Waals surface area contributed by atoms with E-state index in [4.69, 9.17) is 14.2 Å². The lowest BCUT2D eigenvalue weighted by atomic mass is 10.1. The predicted octanol–water partition coefficient (Wildman–Crippen LogP) is 5.12. The van der Waals surface area contributed by atoms with E-state index in [1.165, 1.54) is 58.3 Å². The number of hydrogen-bond acceptors (Lipinski definition) is 5. The van der Waals surface area contributed by atoms with Crippen LogP contribution in [0.5, 0.6) is 0 Å². The van der Waals surface area contributed by atoms with E-state index in [1.807, 2.05) is 0 Å². The molecule has 0 rings (SSSR count). The van der Waals surface area contributed by atoms with Gasteiger partial charge in [0.2, 0.25) is 0 Å². The molecule has 4 N–H and O–H groups in total. The van der Waals surface area contributed by atoms with Gasteiger partial charge >= 0.3 is 7.82 Å². The summed E-state index contributed by atoms with van der Waals surface area (Å²) in [7, 11) is -3.82. The highest BCUT2D eigenvalue weighted by molar-refractivity contribution is 7.47. The second-order valence-electron chi connectivity index (χ2n) is 6.41. The van der Waals surface area contributed by atoms with E-state index in [2.05, 4.69) is 19.6 Å². The van der Waals surface area contributed by atoms with Crippen molar-refractivity contribution in [3.63, 3.8) is 0 Å². The van der Waals surface area contributed by atoms with Crippen molar-refractivity contribution in [2.24, 2.45) is 5.73 Å². The van der Waals surface area contributed by atoms with Gasteiger partial charge in [0.15, 0.2) is 0 Å². The molecule has 0 aromatic rings. The maximum absolute atomic E-state index is 11.6. The topological polar surface area (TPSA) is 102 Å². The first-order chi connectivity index (χ1) is 11.9. The minimum Gasteiger partial charge on any atom is -0.379 e. The van der Waals surface area contributed by atoms with E-state index in [1.54, 1.807) is 0 Å². The molecular formula is C18H42NO5P. The predicted molar refractivity (Wildman–Crippen MR) is 104 cm³/mol. The second kappa shape index (κ2) is 20.3. The summed E-state index contributed by atoms with van der Waals surface area (Å²) in [5.74, 6) is 0. The van der Waals surface area contributed by atoms with Crippen molar-refractivity contribution in [2.45, 2.75) is 104 Å². The van der Waals surface area contributed by atoms with Gasteiger partial charge in [-0.05, 0) is 19.8 Å². The number of nitrogens with two attached hydrogens (primary N) is 1. The monoisotopic (exact) mass is 383 g/mol. The third-order valence-electron chi connectivity index (χ3n) is 3.50. The Morgan fingerprint density at radius 1 is 0.800 bits per heavy atom. The van der Waals surface area contributed by atoms with E-state index in [0.29, 0.717) is 13.2 Å². The summed E-state index contributed by atoms with van der Waals surface area (Å²) in [6, 6.07) is 0. The van der Waals surface area contributed by atoms with Gasteiger partial charge in [-0.15, -0.1) is 0 Å². The van der Waals surface area contributed by atoms with Crippen LogP contribution in [-0.4, -0.2) is 29.4 Å². The fraction of sp³-hybridized carbons (Fsp3) is 1.00. The molecule has 0 radical (unpaired) electrons. The van der Waals surface area contributed by atoms with Gasteiger partial charge in [0.1, 0.15) is 0 Å².